The minimum atomic E-state index is -0.676. The number of hydrogen-bond acceptors (Lipinski definition) is 5. The number of hydrogen-bond donors (Lipinski definition) is 3. The van der Waals surface area contributed by atoms with Crippen molar-refractivity contribution in [3.63, 3.8) is 0 Å². The molecule has 0 spiro atoms. The third kappa shape index (κ3) is 59.6. The molecule has 1 amide bonds. The molecule has 0 aliphatic heterocycles. The number of unbranched alkanes of at least 4 members (excludes halogenated alkanes) is 48. The number of aliphatic hydroxyl groups is 2. The highest BCUT2D eigenvalue weighted by molar-refractivity contribution is 5.76. The van der Waals surface area contributed by atoms with Crippen molar-refractivity contribution in [3.8, 4) is 0 Å². The van der Waals surface area contributed by atoms with Crippen LogP contribution in [0.1, 0.15) is 373 Å². The van der Waals surface area contributed by atoms with Crippen LogP contribution in [0.25, 0.3) is 0 Å². The summed E-state index contributed by atoms with van der Waals surface area (Å²) in [5.41, 5.74) is 0. The van der Waals surface area contributed by atoms with Crippen LogP contribution in [-0.4, -0.2) is 47.4 Å². The predicted octanol–water partition coefficient (Wildman–Crippen LogP) is 21.4. The zero-order valence-corrected chi connectivity index (χ0v) is 50.1. The van der Waals surface area contributed by atoms with Crippen molar-refractivity contribution in [2.45, 2.75) is 386 Å². The maximum Gasteiger partial charge on any atom is 0.305 e. The number of aliphatic hydroxyl groups excluding tert-OH is 2. The largest absolute Gasteiger partial charge is 0.466 e. The van der Waals surface area contributed by atoms with Gasteiger partial charge in [0.1, 0.15) is 0 Å². The monoisotopic (exact) mass is 1040 g/mol. The molecule has 0 heterocycles. The number of carbonyl (C=O) groups excluding carboxylic acids is 2. The van der Waals surface area contributed by atoms with Crippen LogP contribution in [0.3, 0.4) is 0 Å². The summed E-state index contributed by atoms with van der Waals surface area (Å²) in [6.07, 6.45) is 79.2. The Morgan fingerprint density at radius 2 is 0.676 bits per heavy atom. The lowest BCUT2D eigenvalue weighted by molar-refractivity contribution is -0.143. The summed E-state index contributed by atoms with van der Waals surface area (Å²) < 4.78 is 5.47. The van der Waals surface area contributed by atoms with Crippen LogP contribution in [0, 0.1) is 0 Å². The minimum Gasteiger partial charge on any atom is -0.466 e. The molecule has 0 aromatic heterocycles. The van der Waals surface area contributed by atoms with Gasteiger partial charge < -0.3 is 20.3 Å². The highest BCUT2D eigenvalue weighted by atomic mass is 16.5. The van der Waals surface area contributed by atoms with Gasteiger partial charge in [-0.05, 0) is 64.2 Å². The molecule has 0 saturated heterocycles. The second-order valence-corrected chi connectivity index (χ2v) is 23.2. The van der Waals surface area contributed by atoms with Gasteiger partial charge in [0, 0.05) is 12.8 Å². The van der Waals surface area contributed by atoms with Crippen molar-refractivity contribution in [2.24, 2.45) is 0 Å². The van der Waals surface area contributed by atoms with Crippen LogP contribution in [0.15, 0.2) is 24.3 Å². The van der Waals surface area contributed by atoms with Gasteiger partial charge in [0.15, 0.2) is 0 Å². The van der Waals surface area contributed by atoms with E-state index in [0.717, 1.165) is 83.5 Å². The van der Waals surface area contributed by atoms with E-state index in [2.05, 4.69) is 43.5 Å². The van der Waals surface area contributed by atoms with E-state index in [1.807, 2.05) is 0 Å². The normalized spacial score (nSPS) is 12.6. The molecule has 0 radical (unpaired) electrons. The zero-order valence-electron chi connectivity index (χ0n) is 50.1. The second-order valence-electron chi connectivity index (χ2n) is 23.2. The van der Waals surface area contributed by atoms with E-state index < -0.39 is 12.1 Å². The van der Waals surface area contributed by atoms with E-state index in [9.17, 15) is 19.8 Å². The average molecular weight is 1040 g/mol. The van der Waals surface area contributed by atoms with E-state index in [0.29, 0.717) is 25.9 Å². The third-order valence-corrected chi connectivity index (χ3v) is 15.8. The number of rotatable bonds is 63. The Balaban J connectivity index is 3.47. The molecule has 2 unspecified atom stereocenters. The summed E-state index contributed by atoms with van der Waals surface area (Å²) in [5, 5.41) is 23.4. The summed E-state index contributed by atoms with van der Waals surface area (Å²) in [7, 11) is 0. The number of carbonyl (C=O) groups is 2. The van der Waals surface area contributed by atoms with Gasteiger partial charge in [-0.25, -0.2) is 0 Å². The Morgan fingerprint density at radius 3 is 1.03 bits per heavy atom. The summed E-state index contributed by atoms with van der Waals surface area (Å²) >= 11 is 0. The van der Waals surface area contributed by atoms with E-state index >= 15 is 0 Å². The number of allylic oxidation sites excluding steroid dienone is 4. The van der Waals surface area contributed by atoms with E-state index in [1.165, 1.54) is 257 Å². The number of ether oxygens (including phenoxy) is 1. The van der Waals surface area contributed by atoms with Crippen LogP contribution in [0.5, 0.6) is 0 Å². The maximum absolute atomic E-state index is 12.5. The molecule has 0 aromatic rings. The number of nitrogens with one attached hydrogen (secondary N) is 1. The van der Waals surface area contributed by atoms with Gasteiger partial charge in [-0.2, -0.15) is 0 Å². The van der Waals surface area contributed by atoms with Crippen molar-refractivity contribution in [1.29, 1.82) is 0 Å². The topological polar surface area (TPSA) is 95.9 Å². The van der Waals surface area contributed by atoms with Crippen LogP contribution in [0.4, 0.5) is 0 Å². The first-order valence-corrected chi connectivity index (χ1v) is 33.6. The Hall–Kier alpha value is -1.66. The zero-order chi connectivity index (χ0) is 53.6. The lowest BCUT2D eigenvalue weighted by atomic mass is 10.0. The average Bonchev–Trinajstić information content (AvgIpc) is 3.40. The fraction of sp³-hybridized carbons (Fsp3) is 0.912. The minimum absolute atomic E-state index is 0.0115. The van der Waals surface area contributed by atoms with E-state index in [-0.39, 0.29) is 18.5 Å². The molecule has 0 saturated carbocycles. The van der Waals surface area contributed by atoms with Gasteiger partial charge in [-0.15, -0.1) is 0 Å². The summed E-state index contributed by atoms with van der Waals surface area (Å²) in [5.74, 6) is -0.0582. The first-order valence-electron chi connectivity index (χ1n) is 33.6. The SMILES string of the molecule is CCCCCCCCCCCCCCCCCCCCCCCCCCCC(O)C(CO)NC(=O)CCCCCCCCC/C=C\C/C=C\CCCCCOC(=O)CCCCCCCCCCCCCCCCC. The summed E-state index contributed by atoms with van der Waals surface area (Å²) in [6, 6.07) is -0.555. The van der Waals surface area contributed by atoms with E-state index in [1.54, 1.807) is 0 Å². The molecule has 0 rings (SSSR count). The van der Waals surface area contributed by atoms with Crippen LogP contribution >= 0.6 is 0 Å². The number of esters is 1. The molecule has 2 atom stereocenters. The Kier molecular flexibility index (Phi) is 62.4. The molecule has 74 heavy (non-hydrogen) atoms. The predicted molar refractivity (Wildman–Crippen MR) is 324 cm³/mol. The molecule has 0 aliphatic rings. The van der Waals surface area contributed by atoms with Crippen LogP contribution < -0.4 is 5.32 Å². The Morgan fingerprint density at radius 1 is 0.378 bits per heavy atom. The first kappa shape index (κ1) is 72.3. The lowest BCUT2D eigenvalue weighted by Crippen LogP contribution is -2.45. The molecular weight excluding hydrogens is 911 g/mol. The third-order valence-electron chi connectivity index (χ3n) is 15.8. The Bertz CT molecular complexity index is 1150. The van der Waals surface area contributed by atoms with Crippen molar-refractivity contribution in [3.05, 3.63) is 24.3 Å². The fourth-order valence-electron chi connectivity index (χ4n) is 10.6. The van der Waals surface area contributed by atoms with Gasteiger partial charge in [0.25, 0.3) is 0 Å². The molecule has 0 aromatic carbocycles. The van der Waals surface area contributed by atoms with Gasteiger partial charge >= 0.3 is 5.97 Å². The standard InChI is InChI=1S/C68H131NO5/c1-3-5-7-9-11-13-15-17-19-20-21-22-23-24-25-26-27-29-33-36-40-44-48-52-56-60-66(71)65(64-70)69-67(72)61-57-53-49-45-41-37-34-30-28-31-35-39-43-47-51-55-59-63-74-68(73)62-58-54-50-46-42-38-32-18-16-14-12-10-8-6-4-2/h28,31,39,43,65-66,70-71H,3-27,29-30,32-38,40-42,44-64H2,1-2H3,(H,69,72)/b31-28-,43-39-. The molecule has 6 nitrogen and oxygen atoms in total. The quantitative estimate of drug-likeness (QED) is 0.0320. The molecule has 6 heteroatoms. The van der Waals surface area contributed by atoms with Crippen molar-refractivity contribution in [2.75, 3.05) is 13.2 Å². The smallest absolute Gasteiger partial charge is 0.305 e. The van der Waals surface area contributed by atoms with Crippen molar-refractivity contribution in [1.82, 2.24) is 5.32 Å². The van der Waals surface area contributed by atoms with Gasteiger partial charge in [-0.3, -0.25) is 9.59 Å². The molecular formula is C68H131NO5. The first-order chi connectivity index (χ1) is 36.5. The van der Waals surface area contributed by atoms with Crippen molar-refractivity contribution >= 4 is 11.9 Å². The lowest BCUT2D eigenvalue weighted by Gasteiger charge is -2.22. The van der Waals surface area contributed by atoms with Crippen molar-refractivity contribution < 1.29 is 24.5 Å². The second kappa shape index (κ2) is 63.9. The molecule has 0 fully saturated rings. The van der Waals surface area contributed by atoms with Crippen LogP contribution in [0.2, 0.25) is 0 Å². The van der Waals surface area contributed by atoms with Gasteiger partial charge in [-0.1, -0.05) is 321 Å². The number of amides is 1. The molecule has 0 aliphatic carbocycles. The fourth-order valence-corrected chi connectivity index (χ4v) is 10.6. The maximum atomic E-state index is 12.5. The Labute approximate surface area is 462 Å². The summed E-state index contributed by atoms with van der Waals surface area (Å²) in [6.45, 7) is 4.94. The molecule has 438 valence electrons. The summed E-state index contributed by atoms with van der Waals surface area (Å²) in [4.78, 5) is 24.6. The molecule has 3 N–H and O–H groups in total. The van der Waals surface area contributed by atoms with Crippen LogP contribution in [-0.2, 0) is 14.3 Å². The highest BCUT2D eigenvalue weighted by Gasteiger charge is 2.20. The van der Waals surface area contributed by atoms with Gasteiger partial charge in [0.2, 0.25) is 5.91 Å². The van der Waals surface area contributed by atoms with E-state index in [4.69, 9.17) is 4.74 Å². The highest BCUT2D eigenvalue weighted by Crippen LogP contribution is 2.19. The van der Waals surface area contributed by atoms with Gasteiger partial charge in [0.05, 0.1) is 25.4 Å². The molecule has 0 bridgehead atoms.